The molecule has 0 radical (unpaired) electrons. The normalized spacial score (nSPS) is 10.5. The summed E-state index contributed by atoms with van der Waals surface area (Å²) in [4.78, 5) is 23.9. The van der Waals surface area contributed by atoms with Crippen molar-refractivity contribution in [2.24, 2.45) is 0 Å². The average molecular weight is 458 g/mol. The van der Waals surface area contributed by atoms with Crippen molar-refractivity contribution in [3.63, 3.8) is 0 Å². The Morgan fingerprint density at radius 3 is 2.27 bits per heavy atom. The molecule has 178 valence electrons. The van der Waals surface area contributed by atoms with Gasteiger partial charge in [-0.25, -0.2) is 4.79 Å². The molecule has 33 heavy (non-hydrogen) atoms. The molecular weight excluding hydrogens is 426 g/mol. The third-order valence-electron chi connectivity index (χ3n) is 4.51. The van der Waals surface area contributed by atoms with Gasteiger partial charge in [-0.3, -0.25) is 4.79 Å². The van der Waals surface area contributed by atoms with Crippen molar-refractivity contribution in [3.8, 4) is 23.0 Å². The molecule has 0 saturated heterocycles. The van der Waals surface area contributed by atoms with Crippen molar-refractivity contribution in [1.82, 2.24) is 5.32 Å². The van der Waals surface area contributed by atoms with Gasteiger partial charge in [-0.1, -0.05) is 12.1 Å². The number of hydrogen-bond acceptors (Lipinski definition) is 7. The van der Waals surface area contributed by atoms with Gasteiger partial charge in [0.05, 0.1) is 27.4 Å². The minimum atomic E-state index is -0.614. The predicted molar refractivity (Wildman–Crippen MR) is 125 cm³/mol. The van der Waals surface area contributed by atoms with Crippen LogP contribution in [0.4, 0.5) is 0 Å². The first-order valence-electron chi connectivity index (χ1n) is 10.7. The van der Waals surface area contributed by atoms with Gasteiger partial charge < -0.3 is 29.0 Å². The maximum Gasteiger partial charge on any atom is 0.331 e. The maximum absolute atomic E-state index is 12.0. The zero-order valence-corrected chi connectivity index (χ0v) is 19.5. The third-order valence-corrected chi connectivity index (χ3v) is 4.51. The van der Waals surface area contributed by atoms with Gasteiger partial charge in [-0.05, 0) is 61.7 Å². The highest BCUT2D eigenvalue weighted by Gasteiger charge is 2.08. The monoisotopic (exact) mass is 457 g/mol. The fraction of sp³-hybridized carbons (Fsp3) is 0.360. The Hall–Kier alpha value is -3.68. The van der Waals surface area contributed by atoms with E-state index in [9.17, 15) is 9.59 Å². The van der Waals surface area contributed by atoms with Crippen molar-refractivity contribution >= 4 is 18.0 Å². The van der Waals surface area contributed by atoms with E-state index in [1.54, 1.807) is 38.5 Å². The number of amides is 1. The Bertz CT molecular complexity index is 956. The van der Waals surface area contributed by atoms with Gasteiger partial charge in [0.15, 0.2) is 29.6 Å². The number of hydrogen-bond donors (Lipinski definition) is 1. The van der Waals surface area contributed by atoms with Crippen LogP contribution in [0.1, 0.15) is 25.0 Å². The molecule has 8 nitrogen and oxygen atoms in total. The van der Waals surface area contributed by atoms with Crippen molar-refractivity contribution < 1.29 is 33.3 Å². The lowest BCUT2D eigenvalue weighted by atomic mass is 10.1. The molecule has 8 heteroatoms. The van der Waals surface area contributed by atoms with E-state index >= 15 is 0 Å². The van der Waals surface area contributed by atoms with Crippen LogP contribution in [0.15, 0.2) is 42.5 Å². The summed E-state index contributed by atoms with van der Waals surface area (Å²) in [5, 5.41) is 2.72. The second kappa shape index (κ2) is 13.7. The van der Waals surface area contributed by atoms with Crippen LogP contribution in [0.2, 0.25) is 0 Å². The molecule has 1 N–H and O–H groups in total. The molecule has 0 heterocycles. The van der Waals surface area contributed by atoms with Crippen LogP contribution in [-0.2, 0) is 20.7 Å². The molecule has 2 aromatic rings. The van der Waals surface area contributed by atoms with E-state index in [1.165, 1.54) is 6.08 Å². The van der Waals surface area contributed by atoms with Gasteiger partial charge >= 0.3 is 5.97 Å². The smallest absolute Gasteiger partial charge is 0.331 e. The molecule has 0 spiro atoms. The van der Waals surface area contributed by atoms with E-state index in [-0.39, 0.29) is 12.5 Å². The van der Waals surface area contributed by atoms with Crippen LogP contribution in [0.3, 0.4) is 0 Å². The van der Waals surface area contributed by atoms with Crippen LogP contribution in [-0.4, -0.2) is 52.5 Å². The molecule has 0 saturated carbocycles. The fourth-order valence-electron chi connectivity index (χ4n) is 2.95. The summed E-state index contributed by atoms with van der Waals surface area (Å²) in [6.07, 6.45) is 3.46. The zero-order chi connectivity index (χ0) is 24.1. The number of carbonyl (C=O) groups excluding carboxylic acids is 2. The second-order valence-electron chi connectivity index (χ2n) is 6.80. The summed E-state index contributed by atoms with van der Waals surface area (Å²) in [6.45, 7) is 4.84. The van der Waals surface area contributed by atoms with Gasteiger partial charge in [-0.2, -0.15) is 0 Å². The minimum absolute atomic E-state index is 0.359. The van der Waals surface area contributed by atoms with Gasteiger partial charge in [0, 0.05) is 12.6 Å². The number of nitrogens with one attached hydrogen (secondary N) is 1. The van der Waals surface area contributed by atoms with E-state index < -0.39 is 5.97 Å². The van der Waals surface area contributed by atoms with Gasteiger partial charge in [0.25, 0.3) is 5.91 Å². The average Bonchev–Trinajstić information content (AvgIpc) is 2.83. The fourth-order valence-corrected chi connectivity index (χ4v) is 2.95. The first-order valence-corrected chi connectivity index (χ1v) is 10.7. The molecule has 0 aliphatic carbocycles. The van der Waals surface area contributed by atoms with E-state index in [0.29, 0.717) is 49.2 Å². The number of benzene rings is 2. The van der Waals surface area contributed by atoms with Gasteiger partial charge in [0.1, 0.15) is 0 Å². The lowest BCUT2D eigenvalue weighted by Gasteiger charge is -2.11. The van der Waals surface area contributed by atoms with Crippen molar-refractivity contribution in [3.05, 3.63) is 53.6 Å². The Morgan fingerprint density at radius 1 is 0.879 bits per heavy atom. The number of rotatable bonds is 13. The van der Waals surface area contributed by atoms with E-state index in [1.807, 2.05) is 32.0 Å². The number of ether oxygens (including phenoxy) is 5. The Morgan fingerprint density at radius 2 is 1.58 bits per heavy atom. The molecular formula is C25H31NO7. The van der Waals surface area contributed by atoms with Gasteiger partial charge in [-0.15, -0.1) is 0 Å². The van der Waals surface area contributed by atoms with Gasteiger partial charge in [0.2, 0.25) is 0 Å². The molecule has 0 bridgehead atoms. The minimum Gasteiger partial charge on any atom is -0.493 e. The standard InChI is InChI=1S/C25H31NO7/c1-5-31-21-11-8-18(16-23(21)32-6-2)9-12-25(28)33-17-24(27)26-14-13-19-7-10-20(29-3)22(15-19)30-4/h7-12,15-16H,5-6,13-14,17H2,1-4H3,(H,26,27). The summed E-state index contributed by atoms with van der Waals surface area (Å²) in [7, 11) is 3.14. The number of methoxy groups -OCH3 is 2. The zero-order valence-electron chi connectivity index (χ0n) is 19.5. The number of carbonyl (C=O) groups is 2. The SMILES string of the molecule is CCOc1ccc(C=CC(=O)OCC(=O)NCCc2ccc(OC)c(OC)c2)cc1OCC. The summed E-state index contributed by atoms with van der Waals surface area (Å²) in [5.74, 6) is 1.52. The lowest BCUT2D eigenvalue weighted by Crippen LogP contribution is -2.30. The van der Waals surface area contributed by atoms with Crippen LogP contribution >= 0.6 is 0 Å². The highest BCUT2D eigenvalue weighted by atomic mass is 16.5. The lowest BCUT2D eigenvalue weighted by molar-refractivity contribution is -0.143. The molecule has 1 amide bonds. The first kappa shape index (κ1) is 25.6. The molecule has 2 aromatic carbocycles. The topological polar surface area (TPSA) is 92.3 Å². The molecule has 0 fully saturated rings. The molecule has 0 aromatic heterocycles. The quantitative estimate of drug-likeness (QED) is 0.364. The molecule has 2 rings (SSSR count). The summed E-state index contributed by atoms with van der Waals surface area (Å²) in [5.41, 5.74) is 1.73. The highest BCUT2D eigenvalue weighted by Crippen LogP contribution is 2.29. The summed E-state index contributed by atoms with van der Waals surface area (Å²) in [6, 6.07) is 10.9. The Kier molecular flexibility index (Phi) is 10.6. The Labute approximate surface area is 194 Å². The molecule has 0 aliphatic rings. The molecule has 0 atom stereocenters. The van der Waals surface area contributed by atoms with Crippen LogP contribution in [0.5, 0.6) is 23.0 Å². The van der Waals surface area contributed by atoms with Crippen molar-refractivity contribution in [2.75, 3.05) is 40.6 Å². The van der Waals surface area contributed by atoms with E-state index in [4.69, 9.17) is 23.7 Å². The summed E-state index contributed by atoms with van der Waals surface area (Å²) < 4.78 is 26.6. The molecule has 0 unspecified atom stereocenters. The third kappa shape index (κ3) is 8.40. The molecule has 0 aliphatic heterocycles. The largest absolute Gasteiger partial charge is 0.493 e. The van der Waals surface area contributed by atoms with Crippen molar-refractivity contribution in [2.45, 2.75) is 20.3 Å². The second-order valence-corrected chi connectivity index (χ2v) is 6.80. The highest BCUT2D eigenvalue weighted by molar-refractivity contribution is 5.89. The Balaban J connectivity index is 1.78. The van der Waals surface area contributed by atoms with E-state index in [0.717, 1.165) is 11.1 Å². The van der Waals surface area contributed by atoms with Crippen LogP contribution in [0.25, 0.3) is 6.08 Å². The van der Waals surface area contributed by atoms with Crippen LogP contribution in [0, 0.1) is 0 Å². The summed E-state index contributed by atoms with van der Waals surface area (Å²) >= 11 is 0. The predicted octanol–water partition coefficient (Wildman–Crippen LogP) is 3.42. The first-order chi connectivity index (χ1) is 16.0. The maximum atomic E-state index is 12.0. The van der Waals surface area contributed by atoms with E-state index in [2.05, 4.69) is 5.32 Å². The van der Waals surface area contributed by atoms with Crippen LogP contribution < -0.4 is 24.3 Å². The van der Waals surface area contributed by atoms with Crippen molar-refractivity contribution in [1.29, 1.82) is 0 Å². The number of esters is 1.